The lowest BCUT2D eigenvalue weighted by Crippen LogP contribution is -2.03. The van der Waals surface area contributed by atoms with Crippen LogP contribution in [0.4, 0.5) is 0 Å². The summed E-state index contributed by atoms with van der Waals surface area (Å²) in [4.78, 5) is 9.36. The Hall–Kier alpha value is -2.88. The quantitative estimate of drug-likeness (QED) is 0.597. The van der Waals surface area contributed by atoms with Crippen LogP contribution < -0.4 is 0 Å². The molecule has 4 heteroatoms. The average molecular weight is 317 g/mol. The van der Waals surface area contributed by atoms with Crippen molar-refractivity contribution in [3.63, 3.8) is 0 Å². The third-order valence-corrected chi connectivity index (χ3v) is 4.32. The topological polar surface area (TPSA) is 50.9 Å². The van der Waals surface area contributed by atoms with Crippen molar-refractivity contribution in [3.05, 3.63) is 60.6 Å². The lowest BCUT2D eigenvalue weighted by molar-refractivity contribution is 0.476. The lowest BCUT2D eigenvalue weighted by atomic mass is 10.1. The van der Waals surface area contributed by atoms with Crippen molar-refractivity contribution < 1.29 is 5.11 Å². The van der Waals surface area contributed by atoms with E-state index >= 15 is 0 Å². The number of fused-ring (bicyclic) bond motifs is 2. The van der Waals surface area contributed by atoms with E-state index in [0.717, 1.165) is 52.7 Å². The maximum atomic E-state index is 9.76. The molecule has 0 radical (unpaired) electrons. The van der Waals surface area contributed by atoms with Gasteiger partial charge in [0.05, 0.1) is 5.69 Å². The molecule has 0 atom stereocenters. The smallest absolute Gasteiger partial charge is 0.164 e. The van der Waals surface area contributed by atoms with Gasteiger partial charge in [-0.25, -0.2) is 9.97 Å². The molecule has 2 heterocycles. The minimum atomic E-state index is 0.277. The summed E-state index contributed by atoms with van der Waals surface area (Å²) in [6.45, 7) is 2.19. The molecule has 24 heavy (non-hydrogen) atoms. The van der Waals surface area contributed by atoms with Gasteiger partial charge in [-0.2, -0.15) is 0 Å². The summed E-state index contributed by atoms with van der Waals surface area (Å²) >= 11 is 0. The minimum Gasteiger partial charge on any atom is -0.508 e. The predicted molar refractivity (Wildman–Crippen MR) is 96.6 cm³/mol. The SMILES string of the molecule is CCCCc1nc2cccnc2n1-c1cccc2cc(O)ccc12. The lowest BCUT2D eigenvalue weighted by Gasteiger charge is -2.12. The summed E-state index contributed by atoms with van der Waals surface area (Å²) in [5.74, 6) is 1.31. The number of pyridine rings is 1. The number of imidazole rings is 1. The average Bonchev–Trinajstić information content (AvgIpc) is 2.97. The van der Waals surface area contributed by atoms with Gasteiger partial charge in [0.15, 0.2) is 5.65 Å². The highest BCUT2D eigenvalue weighted by Gasteiger charge is 2.15. The molecule has 4 aromatic rings. The number of aryl methyl sites for hydroxylation is 1. The van der Waals surface area contributed by atoms with Gasteiger partial charge in [0.1, 0.15) is 17.1 Å². The van der Waals surface area contributed by atoms with Crippen molar-refractivity contribution in [2.45, 2.75) is 26.2 Å². The van der Waals surface area contributed by atoms with Gasteiger partial charge in [-0.15, -0.1) is 0 Å². The minimum absolute atomic E-state index is 0.277. The molecule has 0 aliphatic rings. The fourth-order valence-corrected chi connectivity index (χ4v) is 3.16. The molecule has 0 aliphatic heterocycles. The molecule has 0 fully saturated rings. The van der Waals surface area contributed by atoms with Crippen molar-refractivity contribution >= 4 is 21.9 Å². The zero-order valence-corrected chi connectivity index (χ0v) is 13.6. The molecule has 120 valence electrons. The second kappa shape index (κ2) is 5.96. The fourth-order valence-electron chi connectivity index (χ4n) is 3.16. The molecule has 2 aromatic carbocycles. The van der Waals surface area contributed by atoms with E-state index in [9.17, 15) is 5.11 Å². The first-order valence-electron chi connectivity index (χ1n) is 8.32. The number of aromatic nitrogens is 3. The molecule has 0 spiro atoms. The van der Waals surface area contributed by atoms with Crippen molar-refractivity contribution in [3.8, 4) is 11.4 Å². The fraction of sp³-hybridized carbons (Fsp3) is 0.200. The van der Waals surface area contributed by atoms with Crippen LogP contribution in [0.5, 0.6) is 5.75 Å². The molecule has 0 amide bonds. The standard InChI is InChI=1S/C20H19N3O/c1-2-3-9-19-22-17-7-5-12-21-20(17)23(19)18-8-4-6-14-13-15(24)10-11-16(14)18/h4-8,10-13,24H,2-3,9H2,1H3. The second-order valence-corrected chi connectivity index (χ2v) is 6.00. The van der Waals surface area contributed by atoms with Gasteiger partial charge in [0, 0.05) is 18.0 Å². The summed E-state index contributed by atoms with van der Waals surface area (Å²) in [7, 11) is 0. The van der Waals surface area contributed by atoms with Crippen molar-refractivity contribution in [2.24, 2.45) is 0 Å². The first-order valence-corrected chi connectivity index (χ1v) is 8.32. The zero-order chi connectivity index (χ0) is 16.5. The van der Waals surface area contributed by atoms with Gasteiger partial charge in [0.25, 0.3) is 0 Å². The van der Waals surface area contributed by atoms with E-state index < -0.39 is 0 Å². The Morgan fingerprint density at radius 1 is 1.08 bits per heavy atom. The first-order chi connectivity index (χ1) is 11.8. The first kappa shape index (κ1) is 14.7. The van der Waals surface area contributed by atoms with Crippen LogP contribution in [-0.2, 0) is 6.42 Å². The number of phenols is 1. The van der Waals surface area contributed by atoms with E-state index in [-0.39, 0.29) is 5.75 Å². The Bertz CT molecular complexity index is 1020. The molecule has 2 aromatic heterocycles. The van der Waals surface area contributed by atoms with Gasteiger partial charge in [-0.05, 0) is 48.2 Å². The number of rotatable bonds is 4. The Labute approximate surface area is 140 Å². The summed E-state index contributed by atoms with van der Waals surface area (Å²) in [5, 5.41) is 11.9. The largest absolute Gasteiger partial charge is 0.508 e. The van der Waals surface area contributed by atoms with Crippen LogP contribution in [0.15, 0.2) is 54.7 Å². The predicted octanol–water partition coefficient (Wildman–Crippen LogP) is 4.62. The normalized spacial score (nSPS) is 11.4. The molecule has 4 nitrogen and oxygen atoms in total. The molecular weight excluding hydrogens is 298 g/mol. The van der Waals surface area contributed by atoms with Crippen molar-refractivity contribution in [2.75, 3.05) is 0 Å². The van der Waals surface area contributed by atoms with Crippen LogP contribution in [0.2, 0.25) is 0 Å². The van der Waals surface area contributed by atoms with Crippen molar-refractivity contribution in [1.29, 1.82) is 0 Å². The number of hydrogen-bond acceptors (Lipinski definition) is 3. The van der Waals surface area contributed by atoms with Crippen LogP contribution >= 0.6 is 0 Å². The number of phenolic OH excluding ortho intramolecular Hbond substituents is 1. The van der Waals surface area contributed by atoms with Crippen LogP contribution in [0.3, 0.4) is 0 Å². The van der Waals surface area contributed by atoms with Crippen LogP contribution in [0.1, 0.15) is 25.6 Å². The van der Waals surface area contributed by atoms with Crippen molar-refractivity contribution in [1.82, 2.24) is 14.5 Å². The zero-order valence-electron chi connectivity index (χ0n) is 13.6. The molecule has 0 saturated carbocycles. The van der Waals surface area contributed by atoms with Crippen LogP contribution in [-0.4, -0.2) is 19.6 Å². The number of hydrogen-bond donors (Lipinski definition) is 1. The molecule has 0 bridgehead atoms. The number of aromatic hydroxyl groups is 1. The number of nitrogens with zero attached hydrogens (tertiary/aromatic N) is 3. The summed E-state index contributed by atoms with van der Waals surface area (Å²) in [6.07, 6.45) is 4.94. The number of benzene rings is 2. The van der Waals surface area contributed by atoms with Gasteiger partial charge < -0.3 is 5.11 Å². The van der Waals surface area contributed by atoms with E-state index in [1.54, 1.807) is 18.3 Å². The van der Waals surface area contributed by atoms with Gasteiger partial charge in [-0.3, -0.25) is 4.57 Å². The van der Waals surface area contributed by atoms with Gasteiger partial charge >= 0.3 is 0 Å². The Kier molecular flexibility index (Phi) is 3.65. The van der Waals surface area contributed by atoms with Crippen LogP contribution in [0, 0.1) is 0 Å². The molecule has 0 saturated heterocycles. The highest BCUT2D eigenvalue weighted by Crippen LogP contribution is 2.29. The number of unbranched alkanes of at least 4 members (excludes halogenated alkanes) is 1. The molecule has 4 rings (SSSR count). The van der Waals surface area contributed by atoms with E-state index in [2.05, 4.69) is 22.5 Å². The molecule has 1 N–H and O–H groups in total. The Morgan fingerprint density at radius 2 is 2.00 bits per heavy atom. The maximum absolute atomic E-state index is 9.76. The van der Waals surface area contributed by atoms with E-state index in [4.69, 9.17) is 4.98 Å². The Morgan fingerprint density at radius 3 is 2.88 bits per heavy atom. The summed E-state index contributed by atoms with van der Waals surface area (Å²) in [5.41, 5.74) is 2.85. The van der Waals surface area contributed by atoms with E-state index in [0.29, 0.717) is 0 Å². The summed E-state index contributed by atoms with van der Waals surface area (Å²) < 4.78 is 2.16. The Balaban J connectivity index is 2.02. The monoisotopic (exact) mass is 317 g/mol. The third kappa shape index (κ3) is 2.40. The molecule has 0 unspecified atom stereocenters. The second-order valence-electron chi connectivity index (χ2n) is 6.00. The molecular formula is C20H19N3O. The van der Waals surface area contributed by atoms with Gasteiger partial charge in [-0.1, -0.05) is 25.5 Å². The summed E-state index contributed by atoms with van der Waals surface area (Å²) in [6, 6.07) is 15.5. The van der Waals surface area contributed by atoms with Gasteiger partial charge in [0.2, 0.25) is 0 Å². The van der Waals surface area contributed by atoms with E-state index in [1.807, 2.05) is 30.3 Å². The molecule has 0 aliphatic carbocycles. The third-order valence-electron chi connectivity index (χ3n) is 4.32. The highest BCUT2D eigenvalue weighted by atomic mass is 16.3. The highest BCUT2D eigenvalue weighted by molar-refractivity contribution is 5.92. The maximum Gasteiger partial charge on any atom is 0.164 e. The van der Waals surface area contributed by atoms with E-state index in [1.165, 1.54) is 0 Å². The van der Waals surface area contributed by atoms with Crippen LogP contribution in [0.25, 0.3) is 27.6 Å².